The molecule has 380 valence electrons. The maximum Gasteiger partial charge on any atom is 0.0702 e. The van der Waals surface area contributed by atoms with E-state index in [0.29, 0.717) is 0 Å². The molecule has 12 aromatic rings. The van der Waals surface area contributed by atoms with Crippen LogP contribution < -0.4 is 4.90 Å². The van der Waals surface area contributed by atoms with E-state index in [1.54, 1.807) is 0 Å². The Labute approximate surface area is 466 Å². The lowest BCUT2D eigenvalue weighted by Gasteiger charge is -2.30. The summed E-state index contributed by atoms with van der Waals surface area (Å²) in [6, 6.07) is 83.8. The van der Waals surface area contributed by atoms with E-state index >= 15 is 0 Å². The second-order valence-corrected chi connectivity index (χ2v) is 21.2. The summed E-state index contributed by atoms with van der Waals surface area (Å²) in [6.45, 7) is 0.914. The van der Waals surface area contributed by atoms with E-state index in [0.717, 1.165) is 91.4 Å². The Bertz CT molecular complexity index is 4300. The summed E-state index contributed by atoms with van der Waals surface area (Å²) in [6.07, 6.45) is 16.3. The quantitative estimate of drug-likeness (QED) is 0.137. The normalized spacial score (nSPS) is 15.6. The van der Waals surface area contributed by atoms with E-state index in [1.807, 2.05) is 48.9 Å². The molecule has 6 nitrogen and oxygen atoms in total. The fourth-order valence-electron chi connectivity index (χ4n) is 12.5. The first-order valence-electron chi connectivity index (χ1n) is 27.9. The Balaban J connectivity index is 0.862. The van der Waals surface area contributed by atoms with Crippen molar-refractivity contribution in [1.29, 1.82) is 0 Å². The van der Waals surface area contributed by atoms with Crippen LogP contribution in [-0.2, 0) is 0 Å². The van der Waals surface area contributed by atoms with Crippen molar-refractivity contribution in [3.63, 3.8) is 0 Å². The predicted octanol–water partition coefficient (Wildman–Crippen LogP) is 18.2. The molecule has 0 bridgehead atoms. The summed E-state index contributed by atoms with van der Waals surface area (Å²) in [7, 11) is 0. The van der Waals surface area contributed by atoms with Crippen molar-refractivity contribution in [2.45, 2.75) is 31.2 Å². The van der Waals surface area contributed by atoms with Gasteiger partial charge in [-0.1, -0.05) is 133 Å². The Morgan fingerprint density at radius 3 is 1.45 bits per heavy atom. The third-order valence-corrected chi connectivity index (χ3v) is 16.4. The molecule has 8 aromatic carbocycles. The number of nitrogens with zero attached hydrogens (tertiary/aromatic N) is 6. The number of benzene rings is 8. The molecule has 0 saturated carbocycles. The molecule has 1 aliphatic carbocycles. The summed E-state index contributed by atoms with van der Waals surface area (Å²) in [5, 5.41) is 2.38. The highest BCUT2D eigenvalue weighted by Gasteiger charge is 2.39. The van der Waals surface area contributed by atoms with Crippen molar-refractivity contribution in [3.8, 4) is 72.8 Å². The van der Waals surface area contributed by atoms with Crippen molar-refractivity contribution in [2.24, 2.45) is 4.99 Å². The molecule has 0 spiro atoms. The molecule has 0 N–H and O–H groups in total. The first-order valence-corrected chi connectivity index (χ1v) is 27.9. The van der Waals surface area contributed by atoms with Crippen molar-refractivity contribution in [3.05, 3.63) is 284 Å². The van der Waals surface area contributed by atoms with E-state index in [9.17, 15) is 0 Å². The molecule has 0 fully saturated rings. The van der Waals surface area contributed by atoms with Gasteiger partial charge in [-0.3, -0.25) is 19.9 Å². The van der Waals surface area contributed by atoms with Crippen LogP contribution in [0.2, 0.25) is 0 Å². The van der Waals surface area contributed by atoms with E-state index in [2.05, 4.69) is 238 Å². The average Bonchev–Trinajstić information content (AvgIpc) is 4.27. The summed E-state index contributed by atoms with van der Waals surface area (Å²) in [5.74, 6) is 0.0979. The fraction of sp³-hybridized carbons (Fsp3) is 0.0811. The van der Waals surface area contributed by atoms with E-state index in [4.69, 9.17) is 9.98 Å². The first kappa shape index (κ1) is 47.2. The zero-order valence-corrected chi connectivity index (χ0v) is 44.1. The Morgan fingerprint density at radius 2 is 0.887 bits per heavy atom. The lowest BCUT2D eigenvalue weighted by molar-refractivity contribution is 0.738. The van der Waals surface area contributed by atoms with Crippen LogP contribution >= 0.6 is 0 Å². The lowest BCUT2D eigenvalue weighted by atomic mass is 9.85. The van der Waals surface area contributed by atoms with Gasteiger partial charge in [-0.05, 0) is 190 Å². The topological polar surface area (TPSA) is 59.2 Å². The molecule has 2 aliphatic heterocycles. The molecule has 2 unspecified atom stereocenters. The van der Waals surface area contributed by atoms with Crippen LogP contribution in [0.15, 0.2) is 272 Å². The maximum absolute atomic E-state index is 4.96. The molecule has 0 amide bonds. The third kappa shape index (κ3) is 8.62. The largest absolute Gasteiger partial charge is 0.333 e. The van der Waals surface area contributed by atoms with E-state index < -0.39 is 0 Å². The number of allylic oxidation sites excluding steroid dienone is 2. The van der Waals surface area contributed by atoms with Gasteiger partial charge in [0.05, 0.1) is 34.2 Å². The summed E-state index contributed by atoms with van der Waals surface area (Å²) in [4.78, 5) is 21.6. The molecular weight excluding hydrogens is 973 g/mol. The van der Waals surface area contributed by atoms with Gasteiger partial charge in [-0.15, -0.1) is 0 Å². The number of pyridine rings is 3. The molecule has 6 heterocycles. The second kappa shape index (κ2) is 20.1. The Kier molecular flexibility index (Phi) is 11.8. The minimum absolute atomic E-state index is 0.0528. The average molecular weight is 1030 g/mol. The van der Waals surface area contributed by atoms with Gasteiger partial charge in [0, 0.05) is 81.3 Å². The fourth-order valence-corrected chi connectivity index (χ4v) is 12.5. The summed E-state index contributed by atoms with van der Waals surface area (Å²) < 4.78 is 2.46. The molecule has 6 heteroatoms. The molecule has 15 rings (SSSR count). The highest BCUT2D eigenvalue weighted by atomic mass is 15.2. The molecule has 0 radical (unpaired) electrons. The van der Waals surface area contributed by atoms with Gasteiger partial charge in [-0.25, -0.2) is 0 Å². The zero-order chi connectivity index (χ0) is 52.9. The van der Waals surface area contributed by atoms with Crippen molar-refractivity contribution in [2.75, 3.05) is 11.4 Å². The van der Waals surface area contributed by atoms with Gasteiger partial charge in [0.2, 0.25) is 0 Å². The van der Waals surface area contributed by atoms with Gasteiger partial charge >= 0.3 is 0 Å². The van der Waals surface area contributed by atoms with Gasteiger partial charge in [0.15, 0.2) is 0 Å². The Hall–Kier alpha value is -10.0. The van der Waals surface area contributed by atoms with Gasteiger partial charge < -0.3 is 9.47 Å². The number of rotatable bonds is 10. The van der Waals surface area contributed by atoms with Crippen LogP contribution in [0.3, 0.4) is 0 Å². The zero-order valence-electron chi connectivity index (χ0n) is 44.1. The number of aliphatic imine (C=N–C) groups is 1. The van der Waals surface area contributed by atoms with E-state index in [1.165, 1.54) is 68.4 Å². The summed E-state index contributed by atoms with van der Waals surface area (Å²) >= 11 is 0. The molecule has 80 heavy (non-hydrogen) atoms. The number of aromatic nitrogens is 4. The summed E-state index contributed by atoms with van der Waals surface area (Å²) in [5.41, 5.74) is 25.1. The van der Waals surface area contributed by atoms with Gasteiger partial charge in [0.1, 0.15) is 0 Å². The monoisotopic (exact) mass is 1030 g/mol. The Morgan fingerprint density at radius 1 is 0.388 bits per heavy atom. The van der Waals surface area contributed by atoms with Gasteiger partial charge in [0.25, 0.3) is 0 Å². The standard InChI is InChI=1S/C74H54N6/c1-5-36-75-67(24-1)57-18-9-14-49(40-57)53-28-32-71-63(44-53)64-45-54(50-15-10-19-58(41-50)68-25-2-6-37-76-68)29-33-72(64)79(71)61-22-13-23-62(48-61)80-73-34-30-55(51-16-11-20-59(42-51)69-26-3-7-38-77-69)46-65(73)66-47-56(31-35-74(66)80)52-17-12-21-60(43-52)70-27-4-8-39-78-70/h1-3,5-7,9-26,28-38,40-48,66,74H,4,8,27,39H2. The number of hydrogen-bond acceptors (Lipinski definition) is 5. The van der Waals surface area contributed by atoms with Crippen LogP contribution in [0, 0.1) is 0 Å². The number of fused-ring (bicyclic) bond motifs is 6. The third-order valence-electron chi connectivity index (χ3n) is 16.4. The molecule has 4 aromatic heterocycles. The maximum atomic E-state index is 4.96. The first-order chi connectivity index (χ1) is 39.6. The van der Waals surface area contributed by atoms with Gasteiger partial charge in [-0.2, -0.15) is 0 Å². The predicted molar refractivity (Wildman–Crippen MR) is 331 cm³/mol. The van der Waals surface area contributed by atoms with E-state index in [-0.39, 0.29) is 12.0 Å². The highest BCUT2D eigenvalue weighted by molar-refractivity contribution is 6.12. The van der Waals surface area contributed by atoms with Crippen molar-refractivity contribution >= 4 is 44.5 Å². The highest BCUT2D eigenvalue weighted by Crippen LogP contribution is 2.51. The minimum atomic E-state index is 0.0528. The smallest absolute Gasteiger partial charge is 0.0702 e. The van der Waals surface area contributed by atoms with Crippen molar-refractivity contribution < 1.29 is 0 Å². The molecule has 3 aliphatic rings. The van der Waals surface area contributed by atoms with Crippen LogP contribution in [0.4, 0.5) is 11.4 Å². The van der Waals surface area contributed by atoms with Crippen molar-refractivity contribution in [1.82, 2.24) is 19.5 Å². The molecule has 2 atom stereocenters. The number of anilines is 2. The van der Waals surface area contributed by atoms with Crippen LogP contribution in [0.25, 0.3) is 100 Å². The van der Waals surface area contributed by atoms with Crippen LogP contribution in [0.1, 0.15) is 41.9 Å². The SMILES string of the molecule is C1=CC2C(C=C1c1cccc(C3=NCCCC3)c1)c1cc(-c3cccc(-c4ccccn4)c3)ccc1N2c1cccc(-n2c3ccc(-c4cccc(-c5ccccn5)c4)cc3c3cc(-c4cccc(-c5ccccn5)c4)ccc32)c1. The van der Waals surface area contributed by atoms with Crippen LogP contribution in [0.5, 0.6) is 0 Å². The molecule has 0 saturated heterocycles. The lowest BCUT2D eigenvalue weighted by Crippen LogP contribution is -2.29. The minimum Gasteiger partial charge on any atom is -0.333 e. The second-order valence-electron chi connectivity index (χ2n) is 21.2. The number of hydrogen-bond donors (Lipinski definition) is 0. The van der Waals surface area contributed by atoms with Crippen LogP contribution in [-0.4, -0.2) is 37.8 Å². The molecular formula is C74H54N6.